The van der Waals surface area contributed by atoms with Gasteiger partial charge in [0.25, 0.3) is 0 Å². The van der Waals surface area contributed by atoms with E-state index in [-0.39, 0.29) is 12.4 Å². The summed E-state index contributed by atoms with van der Waals surface area (Å²) in [5.74, 6) is 0. The molecule has 0 aliphatic carbocycles. The Kier molecular flexibility index (Phi) is 10.4. The van der Waals surface area contributed by atoms with Gasteiger partial charge in [0.1, 0.15) is 0 Å². The first-order valence-electron chi connectivity index (χ1n) is 5.23. The molecule has 0 fully saturated rings. The van der Waals surface area contributed by atoms with Crippen LogP contribution in [0.2, 0.25) is 0 Å². The Hall–Kier alpha value is -0.0900. The van der Waals surface area contributed by atoms with Crippen molar-refractivity contribution in [1.82, 2.24) is 5.32 Å². The van der Waals surface area contributed by atoms with E-state index in [4.69, 9.17) is 4.74 Å². The maximum Gasteiger partial charge on any atom is 0.0466 e. The standard InChI is InChI=1S/C11H19NOS.ClH/c1-2-13-7-4-3-6-12-9-11-5-8-14-10-11;/h5,8,10,12H,2-4,6-7,9H2,1H3;1H. The highest BCUT2D eigenvalue weighted by Crippen LogP contribution is 2.04. The van der Waals surface area contributed by atoms with Crippen molar-refractivity contribution < 1.29 is 4.74 Å². The monoisotopic (exact) mass is 249 g/mol. The van der Waals surface area contributed by atoms with Gasteiger partial charge in [-0.05, 0) is 48.7 Å². The van der Waals surface area contributed by atoms with Crippen LogP contribution in [0.1, 0.15) is 25.3 Å². The summed E-state index contributed by atoms with van der Waals surface area (Å²) in [6, 6.07) is 2.16. The molecule has 0 bridgehead atoms. The van der Waals surface area contributed by atoms with Crippen molar-refractivity contribution in [3.63, 3.8) is 0 Å². The summed E-state index contributed by atoms with van der Waals surface area (Å²) in [5, 5.41) is 7.72. The molecule has 4 heteroatoms. The number of unbranched alkanes of at least 4 members (excludes halogenated alkanes) is 1. The largest absolute Gasteiger partial charge is 0.382 e. The summed E-state index contributed by atoms with van der Waals surface area (Å²) in [6.07, 6.45) is 2.36. The predicted molar refractivity (Wildman–Crippen MR) is 69.0 cm³/mol. The van der Waals surface area contributed by atoms with Crippen molar-refractivity contribution in [3.05, 3.63) is 22.4 Å². The van der Waals surface area contributed by atoms with Crippen molar-refractivity contribution in [2.75, 3.05) is 19.8 Å². The molecular formula is C11H20ClNOS. The van der Waals surface area contributed by atoms with Crippen LogP contribution >= 0.6 is 23.7 Å². The van der Waals surface area contributed by atoms with E-state index in [2.05, 4.69) is 22.1 Å². The van der Waals surface area contributed by atoms with Crippen molar-refractivity contribution in [1.29, 1.82) is 0 Å². The average Bonchev–Trinajstić information content (AvgIpc) is 2.69. The van der Waals surface area contributed by atoms with Crippen LogP contribution in [-0.4, -0.2) is 19.8 Å². The highest BCUT2D eigenvalue weighted by molar-refractivity contribution is 7.07. The Morgan fingerprint density at radius 3 is 2.93 bits per heavy atom. The Bertz CT molecular complexity index is 216. The van der Waals surface area contributed by atoms with Gasteiger partial charge >= 0.3 is 0 Å². The quantitative estimate of drug-likeness (QED) is 0.715. The first-order chi connectivity index (χ1) is 6.93. The van der Waals surface area contributed by atoms with Gasteiger partial charge in [-0.2, -0.15) is 11.3 Å². The number of nitrogens with one attached hydrogen (secondary N) is 1. The van der Waals surface area contributed by atoms with E-state index in [9.17, 15) is 0 Å². The molecule has 0 aromatic carbocycles. The molecule has 1 aromatic heterocycles. The van der Waals surface area contributed by atoms with Gasteiger partial charge in [0.05, 0.1) is 0 Å². The Morgan fingerprint density at radius 1 is 1.40 bits per heavy atom. The van der Waals surface area contributed by atoms with Gasteiger partial charge in [0.2, 0.25) is 0 Å². The minimum atomic E-state index is 0. The van der Waals surface area contributed by atoms with Gasteiger partial charge in [0, 0.05) is 19.8 Å². The van der Waals surface area contributed by atoms with E-state index in [0.717, 1.165) is 32.7 Å². The molecule has 1 heterocycles. The smallest absolute Gasteiger partial charge is 0.0466 e. The van der Waals surface area contributed by atoms with Crippen LogP contribution in [0.5, 0.6) is 0 Å². The van der Waals surface area contributed by atoms with Crippen molar-refractivity contribution in [3.8, 4) is 0 Å². The normalized spacial score (nSPS) is 9.93. The van der Waals surface area contributed by atoms with Gasteiger partial charge in [-0.15, -0.1) is 12.4 Å². The third-order valence-corrected chi connectivity index (χ3v) is 2.74. The third-order valence-electron chi connectivity index (χ3n) is 2.01. The zero-order valence-corrected chi connectivity index (χ0v) is 10.8. The number of ether oxygens (including phenoxy) is 1. The Labute approximate surface area is 102 Å². The summed E-state index contributed by atoms with van der Waals surface area (Å²) in [6.45, 7) is 5.86. The summed E-state index contributed by atoms with van der Waals surface area (Å²) in [5.41, 5.74) is 1.39. The lowest BCUT2D eigenvalue weighted by atomic mass is 10.3. The minimum absolute atomic E-state index is 0. The molecule has 1 rings (SSSR count). The summed E-state index contributed by atoms with van der Waals surface area (Å²) in [7, 11) is 0. The SMILES string of the molecule is CCOCCCCNCc1ccsc1.Cl. The van der Waals surface area contributed by atoms with E-state index in [1.54, 1.807) is 11.3 Å². The molecule has 0 unspecified atom stereocenters. The second kappa shape index (κ2) is 10.4. The molecule has 0 spiro atoms. The lowest BCUT2D eigenvalue weighted by Gasteiger charge is -2.03. The number of hydrogen-bond acceptors (Lipinski definition) is 3. The summed E-state index contributed by atoms with van der Waals surface area (Å²) in [4.78, 5) is 0. The molecule has 0 saturated carbocycles. The van der Waals surface area contributed by atoms with Gasteiger partial charge in [0.15, 0.2) is 0 Å². The molecule has 1 aromatic rings. The topological polar surface area (TPSA) is 21.3 Å². The van der Waals surface area contributed by atoms with Crippen molar-refractivity contribution in [2.24, 2.45) is 0 Å². The van der Waals surface area contributed by atoms with E-state index >= 15 is 0 Å². The zero-order chi connectivity index (χ0) is 10.1. The fraction of sp³-hybridized carbons (Fsp3) is 0.636. The third kappa shape index (κ3) is 7.79. The molecule has 88 valence electrons. The molecule has 0 radical (unpaired) electrons. The molecule has 0 saturated heterocycles. The van der Waals surface area contributed by atoms with Gasteiger partial charge < -0.3 is 10.1 Å². The maximum atomic E-state index is 5.26. The van der Waals surface area contributed by atoms with Gasteiger partial charge in [-0.25, -0.2) is 0 Å². The number of rotatable bonds is 8. The lowest BCUT2D eigenvalue weighted by molar-refractivity contribution is 0.143. The molecule has 15 heavy (non-hydrogen) atoms. The number of halogens is 1. The molecule has 0 amide bonds. The zero-order valence-electron chi connectivity index (χ0n) is 9.20. The first kappa shape index (κ1) is 14.9. The number of hydrogen-bond donors (Lipinski definition) is 1. The van der Waals surface area contributed by atoms with Crippen LogP contribution in [0.3, 0.4) is 0 Å². The summed E-state index contributed by atoms with van der Waals surface area (Å²) < 4.78 is 5.26. The average molecular weight is 250 g/mol. The van der Waals surface area contributed by atoms with Gasteiger partial charge in [-0.3, -0.25) is 0 Å². The maximum absolute atomic E-state index is 5.26. The van der Waals surface area contributed by atoms with Crippen LogP contribution in [-0.2, 0) is 11.3 Å². The second-order valence-corrected chi connectivity index (χ2v) is 3.99. The molecule has 0 aliphatic heterocycles. The summed E-state index contributed by atoms with van der Waals surface area (Å²) >= 11 is 1.75. The molecule has 1 N–H and O–H groups in total. The van der Waals surface area contributed by atoms with E-state index in [1.807, 2.05) is 6.92 Å². The van der Waals surface area contributed by atoms with E-state index in [1.165, 1.54) is 12.0 Å². The predicted octanol–water partition coefficient (Wildman–Crippen LogP) is 3.08. The van der Waals surface area contributed by atoms with E-state index < -0.39 is 0 Å². The van der Waals surface area contributed by atoms with Crippen LogP contribution in [0.4, 0.5) is 0 Å². The van der Waals surface area contributed by atoms with E-state index in [0.29, 0.717) is 0 Å². The molecular weight excluding hydrogens is 230 g/mol. The van der Waals surface area contributed by atoms with Crippen LogP contribution < -0.4 is 5.32 Å². The second-order valence-electron chi connectivity index (χ2n) is 3.21. The molecule has 2 nitrogen and oxygen atoms in total. The highest BCUT2D eigenvalue weighted by Gasteiger charge is 1.92. The van der Waals surface area contributed by atoms with Gasteiger partial charge in [-0.1, -0.05) is 0 Å². The fourth-order valence-electron chi connectivity index (χ4n) is 1.22. The Morgan fingerprint density at radius 2 is 2.27 bits per heavy atom. The van der Waals surface area contributed by atoms with Crippen molar-refractivity contribution in [2.45, 2.75) is 26.3 Å². The highest BCUT2D eigenvalue weighted by atomic mass is 35.5. The first-order valence-corrected chi connectivity index (χ1v) is 6.17. The fourth-order valence-corrected chi connectivity index (χ4v) is 1.89. The minimum Gasteiger partial charge on any atom is -0.382 e. The molecule has 0 atom stereocenters. The van der Waals surface area contributed by atoms with Crippen LogP contribution in [0, 0.1) is 0 Å². The molecule has 0 aliphatic rings. The van der Waals surface area contributed by atoms with Crippen LogP contribution in [0.15, 0.2) is 16.8 Å². The lowest BCUT2D eigenvalue weighted by Crippen LogP contribution is -2.14. The number of thiophene rings is 1. The van der Waals surface area contributed by atoms with Crippen LogP contribution in [0.25, 0.3) is 0 Å². The Balaban J connectivity index is 0.00000196. The van der Waals surface area contributed by atoms with Crippen molar-refractivity contribution >= 4 is 23.7 Å².